The molecule has 1 atom stereocenters. The van der Waals surface area contributed by atoms with Gasteiger partial charge in [-0.1, -0.05) is 29.3 Å². The van der Waals surface area contributed by atoms with Gasteiger partial charge in [0, 0.05) is 34.7 Å². The van der Waals surface area contributed by atoms with Crippen LogP contribution in [0.4, 0.5) is 0 Å². The molecule has 1 saturated heterocycles. The summed E-state index contributed by atoms with van der Waals surface area (Å²) in [6, 6.07) is 6.23. The van der Waals surface area contributed by atoms with Crippen molar-refractivity contribution in [1.82, 2.24) is 10.2 Å². The summed E-state index contributed by atoms with van der Waals surface area (Å²) in [5, 5.41) is 5.01. The van der Waals surface area contributed by atoms with Gasteiger partial charge in [-0.2, -0.15) is 0 Å². The van der Waals surface area contributed by atoms with E-state index in [1.165, 1.54) is 6.42 Å². The van der Waals surface area contributed by atoms with Crippen molar-refractivity contribution >= 4 is 23.2 Å². The highest BCUT2D eigenvalue weighted by Crippen LogP contribution is 2.25. The summed E-state index contributed by atoms with van der Waals surface area (Å²) in [6.07, 6.45) is 1.17. The van der Waals surface area contributed by atoms with Crippen molar-refractivity contribution in [3.63, 3.8) is 0 Å². The Bertz CT molecular complexity index is 361. The molecule has 1 aromatic carbocycles. The molecule has 0 amide bonds. The van der Waals surface area contributed by atoms with E-state index in [0.717, 1.165) is 41.8 Å². The Morgan fingerprint density at radius 1 is 1.35 bits per heavy atom. The Labute approximate surface area is 113 Å². The average molecular weight is 273 g/mol. The number of halogens is 2. The van der Waals surface area contributed by atoms with Gasteiger partial charge < -0.3 is 5.32 Å². The lowest BCUT2D eigenvalue weighted by atomic mass is 10.2. The summed E-state index contributed by atoms with van der Waals surface area (Å²) in [5.74, 6) is 0. The number of nitrogens with one attached hydrogen (secondary N) is 1. The van der Waals surface area contributed by atoms with Crippen LogP contribution in [0.5, 0.6) is 0 Å². The van der Waals surface area contributed by atoms with Crippen LogP contribution in [0.3, 0.4) is 0 Å². The molecule has 1 fully saturated rings. The van der Waals surface area contributed by atoms with Gasteiger partial charge in [0.1, 0.15) is 0 Å². The third-order valence-electron chi connectivity index (χ3n) is 3.12. The molecular weight excluding hydrogens is 255 g/mol. The van der Waals surface area contributed by atoms with Crippen molar-refractivity contribution in [1.29, 1.82) is 0 Å². The lowest BCUT2D eigenvalue weighted by Gasteiger charge is -2.23. The van der Waals surface area contributed by atoms with Crippen molar-refractivity contribution in [3.05, 3.63) is 33.8 Å². The SMILES string of the molecule is CC1CN(Cc2c(Cl)cccc2Cl)CCCN1. The smallest absolute Gasteiger partial charge is 0.0465 e. The van der Waals surface area contributed by atoms with Gasteiger partial charge in [-0.15, -0.1) is 0 Å². The van der Waals surface area contributed by atoms with E-state index < -0.39 is 0 Å². The Balaban J connectivity index is 2.09. The molecule has 0 radical (unpaired) electrons. The molecule has 4 heteroatoms. The number of hydrogen-bond donors (Lipinski definition) is 1. The monoisotopic (exact) mass is 272 g/mol. The molecule has 1 aromatic rings. The maximum absolute atomic E-state index is 6.20. The molecular formula is C13H18Cl2N2. The molecule has 1 aliphatic heterocycles. The number of rotatable bonds is 2. The minimum atomic E-state index is 0.527. The number of hydrogen-bond acceptors (Lipinski definition) is 2. The van der Waals surface area contributed by atoms with Gasteiger partial charge in [0.05, 0.1) is 0 Å². The third kappa shape index (κ3) is 3.59. The van der Waals surface area contributed by atoms with Crippen LogP contribution >= 0.6 is 23.2 Å². The van der Waals surface area contributed by atoms with E-state index in [-0.39, 0.29) is 0 Å². The highest BCUT2D eigenvalue weighted by Gasteiger charge is 2.16. The van der Waals surface area contributed by atoms with E-state index in [2.05, 4.69) is 17.1 Å². The molecule has 94 valence electrons. The van der Waals surface area contributed by atoms with Gasteiger partial charge in [-0.25, -0.2) is 0 Å². The van der Waals surface area contributed by atoms with Gasteiger partial charge in [-0.05, 0) is 38.6 Å². The molecule has 2 nitrogen and oxygen atoms in total. The first kappa shape index (κ1) is 13.2. The summed E-state index contributed by atoms with van der Waals surface area (Å²) in [7, 11) is 0. The Hall–Kier alpha value is -0.280. The molecule has 1 unspecified atom stereocenters. The Morgan fingerprint density at radius 3 is 2.76 bits per heavy atom. The van der Waals surface area contributed by atoms with Crippen LogP contribution in [0.15, 0.2) is 18.2 Å². The number of benzene rings is 1. The Morgan fingerprint density at radius 2 is 2.06 bits per heavy atom. The van der Waals surface area contributed by atoms with Gasteiger partial charge in [0.15, 0.2) is 0 Å². The first-order valence-corrected chi connectivity index (χ1v) is 6.81. The van der Waals surface area contributed by atoms with Gasteiger partial charge >= 0.3 is 0 Å². The average Bonchev–Trinajstić information content (AvgIpc) is 2.48. The van der Waals surface area contributed by atoms with E-state index in [9.17, 15) is 0 Å². The van der Waals surface area contributed by atoms with Crippen LogP contribution in [-0.2, 0) is 6.54 Å². The molecule has 1 N–H and O–H groups in total. The van der Waals surface area contributed by atoms with Crippen molar-refractivity contribution in [2.24, 2.45) is 0 Å². The summed E-state index contributed by atoms with van der Waals surface area (Å²) in [4.78, 5) is 2.41. The van der Waals surface area contributed by atoms with Crippen LogP contribution < -0.4 is 5.32 Å². The summed E-state index contributed by atoms with van der Waals surface area (Å²) >= 11 is 12.4. The second kappa shape index (κ2) is 6.05. The predicted molar refractivity (Wildman–Crippen MR) is 73.8 cm³/mol. The van der Waals surface area contributed by atoms with E-state index in [1.54, 1.807) is 0 Å². The van der Waals surface area contributed by atoms with E-state index in [1.807, 2.05) is 18.2 Å². The predicted octanol–water partition coefficient (Wildman–Crippen LogP) is 3.18. The second-order valence-electron chi connectivity index (χ2n) is 4.64. The van der Waals surface area contributed by atoms with Crippen molar-refractivity contribution < 1.29 is 0 Å². The Kier molecular flexibility index (Phi) is 4.69. The number of nitrogens with zero attached hydrogens (tertiary/aromatic N) is 1. The molecule has 0 saturated carbocycles. The minimum absolute atomic E-state index is 0.527. The van der Waals surface area contributed by atoms with Crippen LogP contribution in [0.1, 0.15) is 18.9 Å². The molecule has 0 aromatic heterocycles. The normalized spacial score (nSPS) is 22.4. The summed E-state index contributed by atoms with van der Waals surface area (Å²) in [6.45, 7) is 6.28. The fourth-order valence-electron chi connectivity index (χ4n) is 2.24. The first-order chi connectivity index (χ1) is 8.16. The highest BCUT2D eigenvalue weighted by molar-refractivity contribution is 6.35. The van der Waals surface area contributed by atoms with Crippen LogP contribution in [0.25, 0.3) is 0 Å². The van der Waals surface area contributed by atoms with Crippen LogP contribution in [0, 0.1) is 0 Å². The zero-order chi connectivity index (χ0) is 12.3. The van der Waals surface area contributed by atoms with E-state index >= 15 is 0 Å². The van der Waals surface area contributed by atoms with Crippen LogP contribution in [0.2, 0.25) is 10.0 Å². The fourth-order valence-corrected chi connectivity index (χ4v) is 2.76. The standard InChI is InChI=1S/C13H18Cl2N2/c1-10-8-17(7-3-6-16-10)9-11-12(14)4-2-5-13(11)15/h2,4-5,10,16H,3,6-9H2,1H3. The third-order valence-corrected chi connectivity index (χ3v) is 3.83. The molecule has 0 spiro atoms. The van der Waals surface area contributed by atoms with Gasteiger partial charge in [-0.3, -0.25) is 4.90 Å². The first-order valence-electron chi connectivity index (χ1n) is 6.05. The maximum Gasteiger partial charge on any atom is 0.0465 e. The largest absolute Gasteiger partial charge is 0.313 e. The fraction of sp³-hybridized carbons (Fsp3) is 0.538. The lowest BCUT2D eigenvalue weighted by Crippen LogP contribution is -2.35. The van der Waals surface area contributed by atoms with Crippen molar-refractivity contribution in [2.75, 3.05) is 19.6 Å². The van der Waals surface area contributed by atoms with Crippen molar-refractivity contribution in [3.8, 4) is 0 Å². The second-order valence-corrected chi connectivity index (χ2v) is 5.46. The molecule has 0 bridgehead atoms. The molecule has 2 rings (SSSR count). The van der Waals surface area contributed by atoms with Gasteiger partial charge in [0.25, 0.3) is 0 Å². The molecule has 17 heavy (non-hydrogen) atoms. The molecule has 1 aliphatic rings. The van der Waals surface area contributed by atoms with Crippen LogP contribution in [-0.4, -0.2) is 30.6 Å². The highest BCUT2D eigenvalue weighted by atomic mass is 35.5. The summed E-state index contributed by atoms with van der Waals surface area (Å²) in [5.41, 5.74) is 1.05. The maximum atomic E-state index is 6.20. The van der Waals surface area contributed by atoms with E-state index in [4.69, 9.17) is 23.2 Å². The van der Waals surface area contributed by atoms with Gasteiger partial charge in [0.2, 0.25) is 0 Å². The quantitative estimate of drug-likeness (QED) is 0.890. The lowest BCUT2D eigenvalue weighted by molar-refractivity contribution is 0.265. The topological polar surface area (TPSA) is 15.3 Å². The summed E-state index contributed by atoms with van der Waals surface area (Å²) < 4.78 is 0. The molecule has 1 heterocycles. The minimum Gasteiger partial charge on any atom is -0.313 e. The zero-order valence-electron chi connectivity index (χ0n) is 10.0. The zero-order valence-corrected chi connectivity index (χ0v) is 11.6. The van der Waals surface area contributed by atoms with E-state index in [0.29, 0.717) is 6.04 Å². The molecule has 0 aliphatic carbocycles. The van der Waals surface area contributed by atoms with Crippen molar-refractivity contribution in [2.45, 2.75) is 25.9 Å².